The highest BCUT2D eigenvalue weighted by Gasteiger charge is 2.28. The van der Waals surface area contributed by atoms with Crippen LogP contribution in [0.4, 0.5) is 0 Å². The molecule has 6 heterocycles. The number of likely N-dealkylation sites (tertiary alicyclic amines) is 2. The third-order valence-corrected chi connectivity index (χ3v) is 12.9. The number of benzene rings is 2. The Hall–Kier alpha value is -2.86. The highest BCUT2D eigenvalue weighted by Crippen LogP contribution is 2.34. The molecule has 6 aromatic rings. The third kappa shape index (κ3) is 11.2. The molecule has 0 amide bonds. The molecule has 0 N–H and O–H groups in total. The quantitative estimate of drug-likeness (QED) is 0.153. The minimum Gasteiger partial charge on any atom is -0.296 e. The summed E-state index contributed by atoms with van der Waals surface area (Å²) in [6.45, 7) is 22.0. The molecule has 4 aromatic heterocycles. The van der Waals surface area contributed by atoms with E-state index < -0.39 is 0 Å². The van der Waals surface area contributed by atoms with Gasteiger partial charge in [0.05, 0.1) is 30.4 Å². The third-order valence-electron chi connectivity index (χ3n) is 11.1. The molecule has 2 aromatic carbocycles. The zero-order valence-corrected chi connectivity index (χ0v) is 36.9. The summed E-state index contributed by atoms with van der Waals surface area (Å²) in [5.74, 6) is 1.49. The first-order valence-corrected chi connectivity index (χ1v) is 20.7. The van der Waals surface area contributed by atoms with Gasteiger partial charge < -0.3 is 0 Å². The van der Waals surface area contributed by atoms with Gasteiger partial charge in [-0.1, -0.05) is 19.6 Å². The predicted molar refractivity (Wildman–Crippen MR) is 247 cm³/mol. The molecular weight excluding hydrogens is 753 g/mol. The Bertz CT molecular complexity index is 1980. The van der Waals surface area contributed by atoms with Gasteiger partial charge in [-0.3, -0.25) is 19.8 Å². The molecule has 296 valence electrons. The fourth-order valence-corrected chi connectivity index (χ4v) is 10.3. The van der Waals surface area contributed by atoms with Crippen molar-refractivity contribution in [2.24, 2.45) is 11.8 Å². The van der Waals surface area contributed by atoms with E-state index in [9.17, 15) is 0 Å². The molecule has 0 aliphatic carbocycles. The van der Waals surface area contributed by atoms with Crippen LogP contribution in [-0.4, -0.2) is 55.9 Å². The van der Waals surface area contributed by atoms with Crippen molar-refractivity contribution in [2.45, 2.75) is 101 Å². The molecule has 0 spiro atoms. The van der Waals surface area contributed by atoms with Gasteiger partial charge in [-0.15, -0.1) is 22.7 Å². The van der Waals surface area contributed by atoms with E-state index in [4.69, 9.17) is 0 Å². The fourth-order valence-electron chi connectivity index (χ4n) is 8.56. The Morgan fingerprint density at radius 2 is 0.927 bits per heavy atom. The van der Waals surface area contributed by atoms with E-state index in [0.29, 0.717) is 12.1 Å². The second-order valence-electron chi connectivity index (χ2n) is 15.5. The second-order valence-corrected chi connectivity index (χ2v) is 18.0. The summed E-state index contributed by atoms with van der Waals surface area (Å²) in [7, 11) is 0. The topological polar surface area (TPSA) is 58.0 Å². The van der Waals surface area contributed by atoms with Crippen LogP contribution >= 0.6 is 49.7 Å². The Balaban J connectivity index is 0.000000232. The first kappa shape index (κ1) is 44.8. The zero-order chi connectivity index (χ0) is 36.5. The van der Waals surface area contributed by atoms with Gasteiger partial charge in [-0.2, -0.15) is 27.0 Å². The standard InChI is InChI=1S/2C22H27N3S.CH4.2H2S/c2*1-14-9-19(10-15(2)23-14)11-18-7-8-25(13-18)16(3)20-5-6-21-22(12-20)26-17(4)24-21;;;/h2*5-6,9-10,12,16,18H,7-8,11,13H2,1-4H3;1H4;2*1H2/t16?,18-;16-,18-;;;/m11.../s1. The SMILES string of the molecule is C.Cc1cc(C[C@H]2CCN(C(C)c3ccc4nc(C)sc4c3)C2)cc(C)n1.Cc1cc(C[C@H]2CCN([C@H](C)c3ccc4nc(C)sc4c3)C2)cc(C)n1.S.S. The Morgan fingerprint density at radius 1 is 0.564 bits per heavy atom. The minimum atomic E-state index is 0. The molecule has 0 radical (unpaired) electrons. The van der Waals surface area contributed by atoms with Crippen molar-refractivity contribution in [1.82, 2.24) is 29.7 Å². The number of hydrogen-bond donors (Lipinski definition) is 0. The largest absolute Gasteiger partial charge is 0.296 e. The van der Waals surface area contributed by atoms with Crippen molar-refractivity contribution in [1.29, 1.82) is 0 Å². The molecule has 55 heavy (non-hydrogen) atoms. The van der Waals surface area contributed by atoms with Crippen LogP contribution in [0, 0.1) is 53.4 Å². The van der Waals surface area contributed by atoms with E-state index in [0.717, 1.165) is 55.7 Å². The lowest BCUT2D eigenvalue weighted by molar-refractivity contribution is 0.252. The second kappa shape index (κ2) is 19.5. The lowest BCUT2D eigenvalue weighted by Crippen LogP contribution is -2.24. The number of aromatic nitrogens is 4. The number of hydrogen-bond acceptors (Lipinski definition) is 8. The van der Waals surface area contributed by atoms with Crippen molar-refractivity contribution >= 4 is 70.1 Å². The van der Waals surface area contributed by atoms with Crippen LogP contribution in [0.5, 0.6) is 0 Å². The van der Waals surface area contributed by atoms with Crippen LogP contribution in [0.2, 0.25) is 0 Å². The van der Waals surface area contributed by atoms with Gasteiger partial charge in [-0.25, -0.2) is 9.97 Å². The van der Waals surface area contributed by atoms with E-state index in [1.165, 1.54) is 83.5 Å². The van der Waals surface area contributed by atoms with Crippen molar-refractivity contribution in [3.05, 3.63) is 116 Å². The molecule has 0 saturated carbocycles. The Labute approximate surface area is 352 Å². The summed E-state index contributed by atoms with van der Waals surface area (Å²) in [6, 6.07) is 23.5. The van der Waals surface area contributed by atoms with Gasteiger partial charge in [0, 0.05) is 47.9 Å². The van der Waals surface area contributed by atoms with Gasteiger partial charge >= 0.3 is 0 Å². The summed E-state index contributed by atoms with van der Waals surface area (Å²) < 4.78 is 2.62. The summed E-state index contributed by atoms with van der Waals surface area (Å²) in [6.07, 6.45) is 4.90. The molecule has 2 aliphatic heterocycles. The highest BCUT2D eigenvalue weighted by atomic mass is 32.1. The molecule has 2 fully saturated rings. The number of rotatable bonds is 8. The summed E-state index contributed by atoms with van der Waals surface area (Å²) in [5, 5.41) is 2.29. The van der Waals surface area contributed by atoms with Gasteiger partial charge in [0.2, 0.25) is 0 Å². The van der Waals surface area contributed by atoms with E-state index in [-0.39, 0.29) is 34.4 Å². The maximum Gasteiger partial charge on any atom is 0.0907 e. The van der Waals surface area contributed by atoms with Crippen molar-refractivity contribution < 1.29 is 0 Å². The summed E-state index contributed by atoms with van der Waals surface area (Å²) >= 11 is 3.59. The van der Waals surface area contributed by atoms with Gasteiger partial charge in [0.15, 0.2) is 0 Å². The zero-order valence-electron chi connectivity index (χ0n) is 33.2. The van der Waals surface area contributed by atoms with E-state index in [1.807, 2.05) is 0 Å². The highest BCUT2D eigenvalue weighted by molar-refractivity contribution is 7.59. The number of pyridine rings is 2. The van der Waals surface area contributed by atoms with Crippen LogP contribution < -0.4 is 0 Å². The van der Waals surface area contributed by atoms with E-state index in [1.54, 1.807) is 22.7 Å². The van der Waals surface area contributed by atoms with Crippen LogP contribution in [0.3, 0.4) is 0 Å². The average molecular weight is 815 g/mol. The van der Waals surface area contributed by atoms with Gasteiger partial charge in [0.1, 0.15) is 0 Å². The van der Waals surface area contributed by atoms with Gasteiger partial charge in [0.25, 0.3) is 0 Å². The van der Waals surface area contributed by atoms with E-state index in [2.05, 4.69) is 146 Å². The Morgan fingerprint density at radius 3 is 1.29 bits per heavy atom. The maximum absolute atomic E-state index is 4.58. The van der Waals surface area contributed by atoms with Crippen LogP contribution in [-0.2, 0) is 12.8 Å². The number of aryl methyl sites for hydroxylation is 6. The van der Waals surface area contributed by atoms with Crippen molar-refractivity contribution in [3.8, 4) is 0 Å². The fraction of sp³-hybridized carbons (Fsp3) is 0.467. The molecule has 2 saturated heterocycles. The monoisotopic (exact) mass is 814 g/mol. The number of fused-ring (bicyclic) bond motifs is 2. The van der Waals surface area contributed by atoms with Crippen LogP contribution in [0.1, 0.15) is 101 Å². The van der Waals surface area contributed by atoms with E-state index >= 15 is 0 Å². The van der Waals surface area contributed by atoms with Crippen molar-refractivity contribution in [3.63, 3.8) is 0 Å². The predicted octanol–water partition coefficient (Wildman–Crippen LogP) is 11.3. The first-order valence-electron chi connectivity index (χ1n) is 19.1. The molecule has 6 nitrogen and oxygen atoms in total. The first-order chi connectivity index (χ1) is 24.9. The van der Waals surface area contributed by atoms with Crippen molar-refractivity contribution in [2.75, 3.05) is 26.2 Å². The molecule has 8 rings (SSSR count). The molecule has 1 unspecified atom stereocenters. The summed E-state index contributed by atoms with van der Waals surface area (Å²) in [5.41, 5.74) is 12.5. The minimum absolute atomic E-state index is 0. The lowest BCUT2D eigenvalue weighted by Gasteiger charge is -2.25. The summed E-state index contributed by atoms with van der Waals surface area (Å²) in [4.78, 5) is 23.5. The number of thiazole rings is 2. The normalized spacial score (nSPS) is 18.3. The molecule has 0 bridgehead atoms. The lowest BCUT2D eigenvalue weighted by atomic mass is 9.98. The van der Waals surface area contributed by atoms with Gasteiger partial charge in [-0.05, 0) is 177 Å². The number of nitrogens with zero attached hydrogens (tertiary/aromatic N) is 6. The average Bonchev–Trinajstić information content (AvgIpc) is 3.89. The molecular formula is C45H62N6S4. The molecule has 10 heteroatoms. The van der Waals surface area contributed by atoms with Crippen LogP contribution in [0.25, 0.3) is 20.4 Å². The molecule has 4 atom stereocenters. The van der Waals surface area contributed by atoms with Crippen LogP contribution in [0.15, 0.2) is 60.7 Å². The Kier molecular flexibility index (Phi) is 15.9. The maximum atomic E-state index is 4.58. The molecule has 2 aliphatic rings. The smallest absolute Gasteiger partial charge is 0.0907 e.